The van der Waals surface area contributed by atoms with Crippen LogP contribution in [0.25, 0.3) is 0 Å². The molecular weight excluding hydrogens is 202 g/mol. The molecule has 0 bridgehead atoms. The largest absolute Gasteiger partial charge is 0.112 e. The summed E-state index contributed by atoms with van der Waals surface area (Å²) < 4.78 is 0. The van der Waals surface area contributed by atoms with Gasteiger partial charge >= 0.3 is 0 Å². The molecule has 0 nitrogen and oxygen atoms in total. The van der Waals surface area contributed by atoms with E-state index in [1.807, 2.05) is 0 Å². The molecule has 1 atom stereocenters. The van der Waals surface area contributed by atoms with Crippen molar-refractivity contribution in [3.8, 4) is 0 Å². The van der Waals surface area contributed by atoms with Crippen molar-refractivity contribution in [3.05, 3.63) is 21.2 Å². The highest BCUT2D eigenvalue weighted by molar-refractivity contribution is 6.51. The van der Waals surface area contributed by atoms with Crippen molar-refractivity contribution in [3.63, 3.8) is 0 Å². The Morgan fingerprint density at radius 2 is 1.78 bits per heavy atom. The molecule has 0 aromatic rings. The van der Waals surface area contributed by atoms with E-state index in [1.165, 1.54) is 0 Å². The summed E-state index contributed by atoms with van der Waals surface area (Å²) in [4.78, 5) is 0. The minimum Gasteiger partial charge on any atom is -0.112 e. The zero-order valence-corrected chi connectivity index (χ0v) is 7.19. The van der Waals surface area contributed by atoms with Crippen LogP contribution in [0.5, 0.6) is 0 Å². The van der Waals surface area contributed by atoms with E-state index < -0.39 is 0 Å². The summed E-state index contributed by atoms with van der Waals surface area (Å²) in [6.07, 6.45) is 1.59. The van der Waals surface area contributed by atoms with Gasteiger partial charge in [0.1, 0.15) is 0 Å². The highest BCUT2D eigenvalue weighted by Gasteiger charge is 2.20. The topological polar surface area (TPSA) is 0 Å². The third kappa shape index (κ3) is 1.38. The van der Waals surface area contributed by atoms with Crippen LogP contribution in [0.2, 0.25) is 0 Å². The fourth-order valence-electron chi connectivity index (χ4n) is 0.510. The molecule has 0 amide bonds. The third-order valence-corrected chi connectivity index (χ3v) is 2.75. The summed E-state index contributed by atoms with van der Waals surface area (Å²) in [7, 11) is 0. The normalized spacial score (nSPS) is 27.1. The molecule has 0 heterocycles. The quantitative estimate of drug-likeness (QED) is 0.530. The lowest BCUT2D eigenvalue weighted by Gasteiger charge is -1.92. The first kappa shape index (κ1) is 7.74. The summed E-state index contributed by atoms with van der Waals surface area (Å²) in [5.41, 5.74) is 0. The lowest BCUT2D eigenvalue weighted by Crippen LogP contribution is -1.86. The average Bonchev–Trinajstić information content (AvgIpc) is 1.98. The Hall–Kier alpha value is 0.640. The predicted molar refractivity (Wildman–Crippen MR) is 42.3 cm³/mol. The van der Waals surface area contributed by atoms with E-state index in [4.69, 9.17) is 46.4 Å². The van der Waals surface area contributed by atoms with E-state index in [2.05, 4.69) is 0 Å². The lowest BCUT2D eigenvalue weighted by atomic mass is 10.5. The van der Waals surface area contributed by atoms with Crippen molar-refractivity contribution in [2.24, 2.45) is 0 Å². The highest BCUT2D eigenvalue weighted by atomic mass is 35.5. The molecule has 0 aromatic carbocycles. The van der Waals surface area contributed by atoms with Crippen LogP contribution in [0.4, 0.5) is 0 Å². The van der Waals surface area contributed by atoms with Crippen LogP contribution < -0.4 is 0 Å². The van der Waals surface area contributed by atoms with Crippen molar-refractivity contribution in [2.45, 2.75) is 5.38 Å². The van der Waals surface area contributed by atoms with Gasteiger partial charge in [-0.1, -0.05) is 34.8 Å². The smallest absolute Gasteiger partial charge is 0.0905 e. The SMILES string of the molecule is ClC1=CC(Cl)C(Cl)=C1Cl. The molecule has 0 aliphatic heterocycles. The number of halogens is 4. The molecule has 0 fully saturated rings. The minimum absolute atomic E-state index is 0.341. The number of rotatable bonds is 0. The van der Waals surface area contributed by atoms with Crippen LogP contribution in [0.1, 0.15) is 0 Å². The molecule has 0 aromatic heterocycles. The Bertz CT molecular complexity index is 191. The molecule has 1 unspecified atom stereocenters. The zero-order valence-electron chi connectivity index (χ0n) is 4.17. The van der Waals surface area contributed by atoms with Crippen LogP contribution >= 0.6 is 46.4 Å². The fraction of sp³-hybridized carbons (Fsp3) is 0.200. The van der Waals surface area contributed by atoms with Crippen LogP contribution in [0.15, 0.2) is 21.2 Å². The summed E-state index contributed by atoms with van der Waals surface area (Å²) in [5.74, 6) is 0. The second-order valence-electron chi connectivity index (χ2n) is 1.58. The van der Waals surface area contributed by atoms with E-state index >= 15 is 0 Å². The average molecular weight is 204 g/mol. The summed E-state index contributed by atoms with van der Waals surface area (Å²) in [6.45, 7) is 0. The van der Waals surface area contributed by atoms with Gasteiger partial charge in [-0.3, -0.25) is 0 Å². The zero-order chi connectivity index (χ0) is 7.02. The van der Waals surface area contributed by atoms with Gasteiger partial charge in [0.25, 0.3) is 0 Å². The molecule has 0 saturated carbocycles. The molecule has 9 heavy (non-hydrogen) atoms. The maximum Gasteiger partial charge on any atom is 0.0905 e. The van der Waals surface area contributed by atoms with Crippen LogP contribution in [-0.4, -0.2) is 5.38 Å². The molecular formula is C5H2Cl4. The van der Waals surface area contributed by atoms with Crippen molar-refractivity contribution in [2.75, 3.05) is 0 Å². The molecule has 0 N–H and O–H groups in total. The van der Waals surface area contributed by atoms with Crippen molar-refractivity contribution in [1.29, 1.82) is 0 Å². The van der Waals surface area contributed by atoms with Crippen LogP contribution in [-0.2, 0) is 0 Å². The maximum atomic E-state index is 5.62. The first-order chi connectivity index (χ1) is 4.13. The number of hydrogen-bond acceptors (Lipinski definition) is 0. The van der Waals surface area contributed by atoms with Crippen LogP contribution in [0.3, 0.4) is 0 Å². The summed E-state index contributed by atoms with van der Waals surface area (Å²) in [5, 5.41) is 0.856. The van der Waals surface area contributed by atoms with Gasteiger partial charge in [0.15, 0.2) is 0 Å². The molecule has 1 aliphatic rings. The van der Waals surface area contributed by atoms with E-state index in [0.29, 0.717) is 15.1 Å². The van der Waals surface area contributed by atoms with E-state index in [1.54, 1.807) is 6.08 Å². The molecule has 0 spiro atoms. The Morgan fingerprint density at radius 3 is 1.89 bits per heavy atom. The fourth-order valence-corrected chi connectivity index (χ4v) is 1.49. The van der Waals surface area contributed by atoms with Gasteiger partial charge < -0.3 is 0 Å². The first-order valence-corrected chi connectivity index (χ1v) is 3.77. The molecule has 0 radical (unpaired) electrons. The molecule has 50 valence electrons. The van der Waals surface area contributed by atoms with Gasteiger partial charge in [-0.25, -0.2) is 0 Å². The Balaban J connectivity index is 2.97. The van der Waals surface area contributed by atoms with Gasteiger partial charge in [-0.15, -0.1) is 11.6 Å². The van der Waals surface area contributed by atoms with E-state index in [-0.39, 0.29) is 5.38 Å². The Morgan fingerprint density at radius 1 is 1.22 bits per heavy atom. The summed E-state index contributed by atoms with van der Waals surface area (Å²) >= 11 is 22.3. The van der Waals surface area contributed by atoms with Gasteiger partial charge in [0, 0.05) is 0 Å². The Kier molecular flexibility index (Phi) is 2.33. The van der Waals surface area contributed by atoms with Gasteiger partial charge in [0.2, 0.25) is 0 Å². The van der Waals surface area contributed by atoms with Gasteiger partial charge in [-0.2, -0.15) is 0 Å². The van der Waals surface area contributed by atoms with Crippen molar-refractivity contribution in [1.82, 2.24) is 0 Å². The monoisotopic (exact) mass is 202 g/mol. The van der Waals surface area contributed by atoms with Gasteiger partial charge in [-0.05, 0) is 6.08 Å². The van der Waals surface area contributed by atoms with Crippen LogP contribution in [0, 0.1) is 0 Å². The number of hydrogen-bond donors (Lipinski definition) is 0. The first-order valence-electron chi connectivity index (χ1n) is 2.20. The standard InChI is InChI=1S/C5H2Cl4/c6-2-1-3(7)5(9)4(2)8/h1-2H. The van der Waals surface area contributed by atoms with E-state index in [0.717, 1.165) is 0 Å². The van der Waals surface area contributed by atoms with Crippen molar-refractivity contribution < 1.29 is 0 Å². The second kappa shape index (κ2) is 2.71. The molecule has 4 heteroatoms. The van der Waals surface area contributed by atoms with E-state index in [9.17, 15) is 0 Å². The molecule has 1 aliphatic carbocycles. The molecule has 0 saturated heterocycles. The number of alkyl halides is 1. The van der Waals surface area contributed by atoms with Gasteiger partial charge in [0.05, 0.1) is 20.5 Å². The lowest BCUT2D eigenvalue weighted by molar-refractivity contribution is 1.40. The predicted octanol–water partition coefficient (Wildman–Crippen LogP) is 3.42. The van der Waals surface area contributed by atoms with Crippen molar-refractivity contribution >= 4 is 46.4 Å². The summed E-state index contributed by atoms with van der Waals surface area (Å²) in [6, 6.07) is 0. The minimum atomic E-state index is -0.341. The molecule has 1 rings (SSSR count). The third-order valence-electron chi connectivity index (χ3n) is 0.954. The second-order valence-corrected chi connectivity index (χ2v) is 3.24. The maximum absolute atomic E-state index is 5.62. The highest BCUT2D eigenvalue weighted by Crippen LogP contribution is 2.36. The Labute approximate surface area is 73.0 Å². The number of allylic oxidation sites excluding steroid dienone is 4.